The molecule has 0 aromatic heterocycles. The second-order valence-electron chi connectivity index (χ2n) is 4.31. The van der Waals surface area contributed by atoms with E-state index >= 15 is 0 Å². The van der Waals surface area contributed by atoms with Gasteiger partial charge in [0, 0.05) is 22.5 Å². The molecule has 3 N–H and O–H groups in total. The molecule has 0 bridgehead atoms. The van der Waals surface area contributed by atoms with E-state index in [0.29, 0.717) is 17.3 Å². The second-order valence-corrected chi connectivity index (χ2v) is 4.72. The van der Waals surface area contributed by atoms with Crippen LogP contribution < -0.4 is 10.5 Å². The Bertz CT molecular complexity index is 397. The van der Waals surface area contributed by atoms with Gasteiger partial charge in [-0.15, -0.1) is 0 Å². The molecule has 0 saturated heterocycles. The maximum absolute atomic E-state index is 9.77. The van der Waals surface area contributed by atoms with Gasteiger partial charge < -0.3 is 15.6 Å². The van der Waals surface area contributed by atoms with Crippen molar-refractivity contribution < 1.29 is 9.84 Å². The van der Waals surface area contributed by atoms with Gasteiger partial charge in [-0.1, -0.05) is 18.0 Å². The minimum Gasteiger partial charge on any atom is -0.504 e. The molecule has 0 radical (unpaired) electrons. The van der Waals surface area contributed by atoms with Crippen LogP contribution in [0.2, 0.25) is 5.02 Å². The lowest BCUT2D eigenvalue weighted by atomic mass is 9.64. The zero-order valence-corrected chi connectivity index (χ0v) is 10.0. The van der Waals surface area contributed by atoms with Crippen LogP contribution in [0.4, 0.5) is 0 Å². The molecule has 1 aromatic rings. The molecule has 1 fully saturated rings. The summed E-state index contributed by atoms with van der Waals surface area (Å²) < 4.78 is 5.25. The van der Waals surface area contributed by atoms with Crippen molar-refractivity contribution >= 4 is 11.6 Å². The van der Waals surface area contributed by atoms with Crippen molar-refractivity contribution in [2.24, 2.45) is 5.73 Å². The first-order chi connectivity index (χ1) is 7.64. The highest BCUT2D eigenvalue weighted by atomic mass is 35.5. The van der Waals surface area contributed by atoms with Crippen molar-refractivity contribution in [1.82, 2.24) is 0 Å². The Kier molecular flexibility index (Phi) is 3.00. The molecule has 1 saturated carbocycles. The zero-order valence-electron chi connectivity index (χ0n) is 9.29. The van der Waals surface area contributed by atoms with Gasteiger partial charge in [-0.3, -0.25) is 0 Å². The third-order valence-corrected chi connectivity index (χ3v) is 3.84. The molecule has 2 rings (SSSR count). The summed E-state index contributed by atoms with van der Waals surface area (Å²) in [7, 11) is 1.54. The SMILES string of the molecule is COc1c(O)ccc(Cl)c1C1(CN)CCC1. The first-order valence-corrected chi connectivity index (χ1v) is 5.78. The van der Waals surface area contributed by atoms with Gasteiger partial charge in [0.05, 0.1) is 7.11 Å². The summed E-state index contributed by atoms with van der Waals surface area (Å²) in [4.78, 5) is 0. The monoisotopic (exact) mass is 241 g/mol. The average Bonchev–Trinajstić information content (AvgIpc) is 2.22. The molecule has 4 heteroatoms. The van der Waals surface area contributed by atoms with Crippen LogP contribution in [-0.2, 0) is 5.41 Å². The number of aromatic hydroxyl groups is 1. The van der Waals surface area contributed by atoms with E-state index in [1.54, 1.807) is 12.1 Å². The van der Waals surface area contributed by atoms with Crippen molar-refractivity contribution in [1.29, 1.82) is 0 Å². The summed E-state index contributed by atoms with van der Waals surface area (Å²) in [6.45, 7) is 0.534. The number of nitrogens with two attached hydrogens (primary N) is 1. The minimum atomic E-state index is -0.110. The lowest BCUT2D eigenvalue weighted by Gasteiger charge is -2.42. The molecule has 1 aromatic carbocycles. The first-order valence-electron chi connectivity index (χ1n) is 5.40. The van der Waals surface area contributed by atoms with Gasteiger partial charge in [0.2, 0.25) is 0 Å². The summed E-state index contributed by atoms with van der Waals surface area (Å²) in [5, 5.41) is 10.4. The average molecular weight is 242 g/mol. The lowest BCUT2D eigenvalue weighted by Crippen LogP contribution is -2.42. The molecule has 0 atom stereocenters. The Morgan fingerprint density at radius 3 is 2.62 bits per heavy atom. The van der Waals surface area contributed by atoms with E-state index in [4.69, 9.17) is 22.1 Å². The summed E-state index contributed by atoms with van der Waals surface area (Å²) in [5.74, 6) is 0.597. The summed E-state index contributed by atoms with van der Waals surface area (Å²) in [5.41, 5.74) is 6.60. The first kappa shape index (κ1) is 11.6. The highest BCUT2D eigenvalue weighted by molar-refractivity contribution is 6.31. The smallest absolute Gasteiger partial charge is 0.165 e. The van der Waals surface area contributed by atoms with Gasteiger partial charge >= 0.3 is 0 Å². The summed E-state index contributed by atoms with van der Waals surface area (Å²) in [6.07, 6.45) is 3.15. The van der Waals surface area contributed by atoms with Gasteiger partial charge in [-0.2, -0.15) is 0 Å². The second kappa shape index (κ2) is 4.15. The quantitative estimate of drug-likeness (QED) is 0.855. The fourth-order valence-electron chi connectivity index (χ4n) is 2.41. The van der Waals surface area contributed by atoms with Crippen LogP contribution in [0.1, 0.15) is 24.8 Å². The topological polar surface area (TPSA) is 55.5 Å². The van der Waals surface area contributed by atoms with Crippen molar-refractivity contribution in [2.45, 2.75) is 24.7 Å². The van der Waals surface area contributed by atoms with Gasteiger partial charge in [0.15, 0.2) is 11.5 Å². The highest BCUT2D eigenvalue weighted by Gasteiger charge is 2.41. The number of ether oxygens (including phenoxy) is 1. The van der Waals surface area contributed by atoms with Crippen LogP contribution in [0, 0.1) is 0 Å². The molecular weight excluding hydrogens is 226 g/mol. The summed E-state index contributed by atoms with van der Waals surface area (Å²) >= 11 is 6.21. The van der Waals surface area contributed by atoms with E-state index in [0.717, 1.165) is 24.8 Å². The highest BCUT2D eigenvalue weighted by Crippen LogP contribution is 2.51. The molecule has 0 heterocycles. The van der Waals surface area contributed by atoms with E-state index in [-0.39, 0.29) is 11.2 Å². The fourth-order valence-corrected chi connectivity index (χ4v) is 2.76. The Morgan fingerprint density at radius 1 is 1.50 bits per heavy atom. The molecule has 1 aliphatic rings. The van der Waals surface area contributed by atoms with E-state index in [1.807, 2.05) is 0 Å². The van der Waals surface area contributed by atoms with Crippen molar-refractivity contribution in [3.63, 3.8) is 0 Å². The molecule has 0 aliphatic heterocycles. The maximum atomic E-state index is 9.77. The Morgan fingerprint density at radius 2 is 2.19 bits per heavy atom. The third kappa shape index (κ3) is 1.55. The molecular formula is C12H16ClNO2. The molecule has 0 unspecified atom stereocenters. The predicted molar refractivity (Wildman–Crippen MR) is 64.3 cm³/mol. The number of phenols is 1. The largest absolute Gasteiger partial charge is 0.504 e. The normalized spacial score (nSPS) is 17.9. The standard InChI is InChI=1S/C12H16ClNO2/c1-16-11-9(15)4-3-8(13)10(11)12(7-14)5-2-6-12/h3-4,15H,2,5-7,14H2,1H3. The Labute approximate surface area is 100 Å². The van der Waals surface area contributed by atoms with E-state index in [1.165, 1.54) is 7.11 Å². The molecule has 88 valence electrons. The molecule has 3 nitrogen and oxygen atoms in total. The number of methoxy groups -OCH3 is 1. The maximum Gasteiger partial charge on any atom is 0.165 e. The predicted octanol–water partition coefficient (Wildman–Crippen LogP) is 2.43. The van der Waals surface area contributed by atoms with Crippen molar-refractivity contribution in [3.05, 3.63) is 22.7 Å². The number of halogens is 1. The van der Waals surface area contributed by atoms with Crippen LogP contribution in [0.15, 0.2) is 12.1 Å². The molecule has 16 heavy (non-hydrogen) atoms. The Hall–Kier alpha value is -0.930. The van der Waals surface area contributed by atoms with Crippen LogP contribution >= 0.6 is 11.6 Å². The van der Waals surface area contributed by atoms with Gasteiger partial charge in [0.1, 0.15) is 0 Å². The Balaban J connectivity index is 2.57. The van der Waals surface area contributed by atoms with Crippen molar-refractivity contribution in [3.8, 4) is 11.5 Å². The van der Waals surface area contributed by atoms with Crippen LogP contribution in [0.25, 0.3) is 0 Å². The van der Waals surface area contributed by atoms with Gasteiger partial charge in [-0.05, 0) is 25.0 Å². The molecule has 1 aliphatic carbocycles. The van der Waals surface area contributed by atoms with E-state index < -0.39 is 0 Å². The molecule has 0 spiro atoms. The van der Waals surface area contributed by atoms with Crippen LogP contribution in [-0.4, -0.2) is 18.8 Å². The van der Waals surface area contributed by atoms with Gasteiger partial charge in [0.25, 0.3) is 0 Å². The van der Waals surface area contributed by atoms with E-state index in [2.05, 4.69) is 0 Å². The third-order valence-electron chi connectivity index (χ3n) is 3.52. The van der Waals surface area contributed by atoms with Crippen molar-refractivity contribution in [2.75, 3.05) is 13.7 Å². The number of benzene rings is 1. The summed E-state index contributed by atoms with van der Waals surface area (Å²) in [6, 6.07) is 3.25. The fraction of sp³-hybridized carbons (Fsp3) is 0.500. The van der Waals surface area contributed by atoms with Crippen LogP contribution in [0.5, 0.6) is 11.5 Å². The zero-order chi connectivity index (χ0) is 11.8. The molecule has 0 amide bonds. The number of phenolic OH excluding ortho intramolecular Hbond substituents is 1. The van der Waals surface area contributed by atoms with E-state index in [9.17, 15) is 5.11 Å². The van der Waals surface area contributed by atoms with Crippen LogP contribution in [0.3, 0.4) is 0 Å². The van der Waals surface area contributed by atoms with Gasteiger partial charge in [-0.25, -0.2) is 0 Å². The minimum absolute atomic E-state index is 0.110. The number of hydrogen-bond donors (Lipinski definition) is 2. The number of hydrogen-bond acceptors (Lipinski definition) is 3. The number of rotatable bonds is 3. The lowest BCUT2D eigenvalue weighted by molar-refractivity contribution is 0.241.